The van der Waals surface area contributed by atoms with Crippen molar-refractivity contribution >= 4 is 34.2 Å². The Labute approximate surface area is 229 Å². The molecule has 2 aromatic carbocycles. The van der Waals surface area contributed by atoms with Gasteiger partial charge in [-0.05, 0) is 55.0 Å². The number of benzene rings is 2. The number of aliphatic hydroxyl groups excluding tert-OH is 1. The van der Waals surface area contributed by atoms with E-state index in [2.05, 4.69) is 6.58 Å². The second-order valence-corrected chi connectivity index (χ2v) is 11.3. The lowest BCUT2D eigenvalue weighted by molar-refractivity contribution is -0.155. The van der Waals surface area contributed by atoms with Gasteiger partial charge in [-0.1, -0.05) is 50.3 Å². The van der Waals surface area contributed by atoms with Crippen LogP contribution < -0.4 is 4.90 Å². The number of likely N-dealkylation sites (tertiary alicyclic amines) is 1. The lowest BCUT2D eigenvalue weighted by atomic mass is 9.70. The molecule has 5 rings (SSSR count). The molecule has 6 atom stereocenters. The number of esters is 1. The van der Waals surface area contributed by atoms with E-state index in [1.54, 1.807) is 17.9 Å². The fourth-order valence-corrected chi connectivity index (χ4v) is 7.03. The second kappa shape index (κ2) is 10.7. The number of amides is 2. The number of aliphatic hydroxyl groups is 1. The number of hydrogen-bond acceptors (Lipinski definition) is 6. The fraction of sp³-hybridized carbons (Fsp3) is 0.516. The Morgan fingerprint density at radius 1 is 1.26 bits per heavy atom. The van der Waals surface area contributed by atoms with E-state index in [0.29, 0.717) is 24.9 Å². The summed E-state index contributed by atoms with van der Waals surface area (Å²) >= 11 is 0. The van der Waals surface area contributed by atoms with Gasteiger partial charge < -0.3 is 24.4 Å². The first-order chi connectivity index (χ1) is 18.8. The summed E-state index contributed by atoms with van der Waals surface area (Å²) < 4.78 is 11.9. The van der Waals surface area contributed by atoms with Crippen LogP contribution in [0.15, 0.2) is 55.1 Å². The van der Waals surface area contributed by atoms with Crippen molar-refractivity contribution in [3.63, 3.8) is 0 Å². The smallest absolute Gasteiger partial charge is 0.312 e. The van der Waals surface area contributed by atoms with Crippen LogP contribution in [-0.2, 0) is 23.9 Å². The Morgan fingerprint density at radius 3 is 2.67 bits per heavy atom. The molecule has 0 aliphatic carbocycles. The third-order valence-corrected chi connectivity index (χ3v) is 8.50. The normalized spacial score (nSPS) is 28.1. The van der Waals surface area contributed by atoms with Gasteiger partial charge in [-0.3, -0.25) is 14.4 Å². The van der Waals surface area contributed by atoms with Crippen molar-refractivity contribution in [2.45, 2.75) is 63.8 Å². The maximum atomic E-state index is 14.7. The number of ether oxygens (including phenoxy) is 2. The molecule has 2 bridgehead atoms. The van der Waals surface area contributed by atoms with E-state index in [1.807, 2.05) is 56.3 Å². The number of fused-ring (bicyclic) bond motifs is 2. The number of carbonyl (C=O) groups is 3. The highest BCUT2D eigenvalue weighted by Crippen LogP contribution is 2.59. The van der Waals surface area contributed by atoms with E-state index < -0.39 is 41.6 Å². The van der Waals surface area contributed by atoms with E-state index in [0.717, 1.165) is 10.8 Å². The minimum atomic E-state index is -1.16. The van der Waals surface area contributed by atoms with Gasteiger partial charge in [0.2, 0.25) is 5.91 Å². The SMILES string of the molecule is C=CCN(C(=O)[C@H]1N([C@@H](CO)CC(C)C)C(=O)[C@@H]2[C@@H](C(=O)OCC)[C@H]3CC[C@]21O3)c1ccc2ccccc2c1. The molecule has 8 nitrogen and oxygen atoms in total. The average molecular weight is 535 g/mol. The predicted octanol–water partition coefficient (Wildman–Crippen LogP) is 3.70. The summed E-state index contributed by atoms with van der Waals surface area (Å²) in [5.74, 6) is -2.49. The van der Waals surface area contributed by atoms with Crippen LogP contribution in [0.1, 0.15) is 40.0 Å². The summed E-state index contributed by atoms with van der Waals surface area (Å²) in [6.45, 7) is 9.79. The van der Waals surface area contributed by atoms with Gasteiger partial charge in [0.25, 0.3) is 5.91 Å². The maximum absolute atomic E-state index is 14.7. The highest BCUT2D eigenvalue weighted by Gasteiger charge is 2.75. The zero-order valence-electron chi connectivity index (χ0n) is 22.9. The topological polar surface area (TPSA) is 96.4 Å². The lowest BCUT2D eigenvalue weighted by Gasteiger charge is -2.39. The van der Waals surface area contributed by atoms with Crippen molar-refractivity contribution in [2.75, 3.05) is 24.7 Å². The Kier molecular flexibility index (Phi) is 7.53. The highest BCUT2D eigenvalue weighted by atomic mass is 16.6. The van der Waals surface area contributed by atoms with Crippen LogP contribution in [0.5, 0.6) is 0 Å². The van der Waals surface area contributed by atoms with Crippen LogP contribution in [0.3, 0.4) is 0 Å². The summed E-state index contributed by atoms with van der Waals surface area (Å²) in [6, 6.07) is 12.2. The van der Waals surface area contributed by atoms with Crippen LogP contribution in [0.25, 0.3) is 10.8 Å². The molecule has 2 aromatic rings. The van der Waals surface area contributed by atoms with Gasteiger partial charge >= 0.3 is 5.97 Å². The monoisotopic (exact) mass is 534 g/mol. The predicted molar refractivity (Wildman–Crippen MR) is 148 cm³/mol. The van der Waals surface area contributed by atoms with E-state index in [-0.39, 0.29) is 37.5 Å². The molecular formula is C31H38N2O6. The van der Waals surface area contributed by atoms with Crippen LogP contribution in [0.4, 0.5) is 5.69 Å². The standard InChI is InChI=1S/C31H38N2O6/c1-5-15-32(22-12-11-20-9-7-8-10-21(20)17-22)29(36)27-31-14-13-24(39-31)25(30(37)38-6-2)26(31)28(35)33(27)23(18-34)16-19(3)4/h5,7-12,17,19,23-27,34H,1,6,13-16,18H2,2-4H3/t23-,24-,25+,26+,27-,31+/m1/s1. The summed E-state index contributed by atoms with van der Waals surface area (Å²) in [4.78, 5) is 45.1. The number of carbonyl (C=O) groups excluding carboxylic acids is 3. The van der Waals surface area contributed by atoms with Gasteiger partial charge in [0.05, 0.1) is 37.2 Å². The second-order valence-electron chi connectivity index (χ2n) is 11.3. The van der Waals surface area contributed by atoms with Crippen molar-refractivity contribution < 1.29 is 29.0 Å². The molecule has 3 aliphatic rings. The quantitative estimate of drug-likeness (QED) is 0.369. The maximum Gasteiger partial charge on any atom is 0.312 e. The number of anilines is 1. The summed E-state index contributed by atoms with van der Waals surface area (Å²) in [5.41, 5.74) is -0.471. The van der Waals surface area contributed by atoms with Crippen molar-refractivity contribution in [3.05, 3.63) is 55.1 Å². The third kappa shape index (κ3) is 4.43. The molecule has 1 spiro atoms. The van der Waals surface area contributed by atoms with E-state index in [4.69, 9.17) is 9.47 Å². The van der Waals surface area contributed by atoms with Gasteiger partial charge in [-0.25, -0.2) is 0 Å². The minimum absolute atomic E-state index is 0.173. The van der Waals surface area contributed by atoms with Crippen molar-refractivity contribution in [1.29, 1.82) is 0 Å². The van der Waals surface area contributed by atoms with Crippen LogP contribution in [0.2, 0.25) is 0 Å². The zero-order valence-corrected chi connectivity index (χ0v) is 22.9. The summed E-state index contributed by atoms with van der Waals surface area (Å²) in [7, 11) is 0. The Morgan fingerprint density at radius 2 is 2.00 bits per heavy atom. The van der Waals surface area contributed by atoms with E-state index >= 15 is 0 Å². The molecule has 3 saturated heterocycles. The molecule has 39 heavy (non-hydrogen) atoms. The largest absolute Gasteiger partial charge is 0.466 e. The Balaban J connectivity index is 1.61. The molecule has 3 heterocycles. The summed E-state index contributed by atoms with van der Waals surface area (Å²) in [5, 5.41) is 12.5. The van der Waals surface area contributed by atoms with Crippen molar-refractivity contribution in [3.8, 4) is 0 Å². The number of hydrogen-bond donors (Lipinski definition) is 1. The average Bonchev–Trinajstić information content (AvgIpc) is 3.57. The zero-order chi connectivity index (χ0) is 27.9. The number of nitrogens with zero attached hydrogens (tertiary/aromatic N) is 2. The molecule has 8 heteroatoms. The van der Waals surface area contributed by atoms with Gasteiger partial charge in [0, 0.05) is 12.2 Å². The van der Waals surface area contributed by atoms with E-state index in [9.17, 15) is 19.5 Å². The van der Waals surface area contributed by atoms with Gasteiger partial charge in [-0.2, -0.15) is 0 Å². The Bertz CT molecular complexity index is 1280. The molecule has 0 aromatic heterocycles. The first-order valence-corrected chi connectivity index (χ1v) is 14.0. The molecule has 3 aliphatic heterocycles. The van der Waals surface area contributed by atoms with Crippen molar-refractivity contribution in [2.24, 2.45) is 17.8 Å². The Hall–Kier alpha value is -3.23. The molecule has 208 valence electrons. The fourth-order valence-electron chi connectivity index (χ4n) is 7.03. The molecule has 1 N–H and O–H groups in total. The molecule has 2 amide bonds. The molecular weight excluding hydrogens is 496 g/mol. The molecule has 3 fully saturated rings. The molecule has 0 radical (unpaired) electrons. The molecule has 0 saturated carbocycles. The summed E-state index contributed by atoms with van der Waals surface area (Å²) in [6.07, 6.45) is 2.75. The molecule has 0 unspecified atom stereocenters. The number of rotatable bonds is 10. The lowest BCUT2D eigenvalue weighted by Crippen LogP contribution is -2.59. The first kappa shape index (κ1) is 27.3. The highest BCUT2D eigenvalue weighted by molar-refractivity contribution is 6.05. The minimum Gasteiger partial charge on any atom is -0.466 e. The van der Waals surface area contributed by atoms with Crippen LogP contribution in [-0.4, -0.2) is 71.3 Å². The van der Waals surface area contributed by atoms with Gasteiger partial charge in [-0.15, -0.1) is 6.58 Å². The van der Waals surface area contributed by atoms with Crippen LogP contribution in [0, 0.1) is 17.8 Å². The van der Waals surface area contributed by atoms with Gasteiger partial charge in [0.15, 0.2) is 0 Å². The first-order valence-electron chi connectivity index (χ1n) is 14.0. The third-order valence-electron chi connectivity index (χ3n) is 8.50. The van der Waals surface area contributed by atoms with Gasteiger partial charge in [0.1, 0.15) is 11.6 Å². The van der Waals surface area contributed by atoms with Crippen molar-refractivity contribution in [1.82, 2.24) is 4.90 Å². The van der Waals surface area contributed by atoms with Crippen LogP contribution >= 0.6 is 0 Å². The van der Waals surface area contributed by atoms with E-state index in [1.165, 1.54) is 4.90 Å².